The average Bonchev–Trinajstić information content (AvgIpc) is 3.24. The number of benzene rings is 2. The van der Waals surface area contributed by atoms with E-state index in [1.165, 1.54) is 23.5 Å². The Morgan fingerprint density at radius 3 is 2.41 bits per heavy atom. The van der Waals surface area contributed by atoms with Gasteiger partial charge in [-0.2, -0.15) is 0 Å². The molecule has 0 fully saturated rings. The normalized spacial score (nSPS) is 11.9. The summed E-state index contributed by atoms with van der Waals surface area (Å²) in [6.07, 6.45) is 0. The molecule has 0 aliphatic carbocycles. The van der Waals surface area contributed by atoms with Gasteiger partial charge in [-0.25, -0.2) is 18.1 Å². The van der Waals surface area contributed by atoms with Gasteiger partial charge in [-0.1, -0.05) is 25.2 Å². The van der Waals surface area contributed by atoms with E-state index in [1.807, 2.05) is 33.9 Å². The van der Waals surface area contributed by atoms with E-state index in [0.717, 1.165) is 16.0 Å². The minimum Gasteiger partial charge on any atom is -0.497 e. The highest BCUT2D eigenvalue weighted by atomic mass is 32.2. The molecule has 10 heteroatoms. The first kappa shape index (κ1) is 22.1. The smallest absolute Gasteiger partial charge is 0.275 e. The molecule has 0 bridgehead atoms. The van der Waals surface area contributed by atoms with Crippen molar-refractivity contribution in [2.45, 2.75) is 31.6 Å². The molecule has 2 aromatic carbocycles. The van der Waals surface area contributed by atoms with E-state index >= 15 is 0 Å². The van der Waals surface area contributed by atoms with Crippen LogP contribution in [0.25, 0.3) is 15.9 Å². The summed E-state index contributed by atoms with van der Waals surface area (Å²) in [6.45, 7) is 5.87. The van der Waals surface area contributed by atoms with Gasteiger partial charge >= 0.3 is 0 Å². The van der Waals surface area contributed by atoms with Crippen LogP contribution in [0.3, 0.4) is 0 Å². The third kappa shape index (κ3) is 3.80. The first-order chi connectivity index (χ1) is 15.1. The van der Waals surface area contributed by atoms with E-state index in [-0.39, 0.29) is 21.5 Å². The summed E-state index contributed by atoms with van der Waals surface area (Å²) < 4.78 is 37.7. The van der Waals surface area contributed by atoms with Gasteiger partial charge < -0.3 is 4.74 Å². The predicted molar refractivity (Wildman–Crippen MR) is 127 cm³/mol. The van der Waals surface area contributed by atoms with Crippen LogP contribution in [0.15, 0.2) is 52.2 Å². The highest BCUT2D eigenvalue weighted by Crippen LogP contribution is 2.30. The Hall–Kier alpha value is -3.11. The summed E-state index contributed by atoms with van der Waals surface area (Å²) in [7, 11) is -0.450. The number of hydrogen-bond donors (Lipinski definition) is 1. The van der Waals surface area contributed by atoms with Crippen LogP contribution >= 0.6 is 11.3 Å². The number of ether oxygens (including phenoxy) is 1. The van der Waals surface area contributed by atoms with Crippen LogP contribution in [-0.2, 0) is 17.1 Å². The third-order valence-electron chi connectivity index (χ3n) is 5.38. The molecule has 2 aromatic heterocycles. The van der Waals surface area contributed by atoms with Crippen LogP contribution in [0.4, 0.5) is 5.13 Å². The fourth-order valence-electron chi connectivity index (χ4n) is 3.70. The van der Waals surface area contributed by atoms with Gasteiger partial charge in [0, 0.05) is 18.3 Å². The number of hydrogen-bond acceptors (Lipinski definition) is 6. The molecule has 4 aromatic rings. The van der Waals surface area contributed by atoms with Crippen LogP contribution in [0.5, 0.6) is 5.75 Å². The molecule has 1 N–H and O–H groups in total. The lowest BCUT2D eigenvalue weighted by molar-refractivity contribution is 0.415. The quantitative estimate of drug-likeness (QED) is 0.457. The largest absolute Gasteiger partial charge is 0.497 e. The van der Waals surface area contributed by atoms with Crippen LogP contribution < -0.4 is 15.0 Å². The van der Waals surface area contributed by atoms with Gasteiger partial charge in [-0.05, 0) is 55.3 Å². The number of aromatic nitrogens is 3. The lowest BCUT2D eigenvalue weighted by atomic mass is 10.0. The molecule has 4 rings (SSSR count). The monoisotopic (exact) mass is 472 g/mol. The highest BCUT2D eigenvalue weighted by Gasteiger charge is 2.20. The van der Waals surface area contributed by atoms with E-state index < -0.39 is 10.0 Å². The van der Waals surface area contributed by atoms with Gasteiger partial charge in [-0.15, -0.1) is 0 Å². The van der Waals surface area contributed by atoms with Crippen molar-refractivity contribution in [2.75, 3.05) is 11.8 Å². The molecule has 0 aliphatic heterocycles. The molecular formula is C22H24N4O4S2. The molecule has 2 heterocycles. The maximum atomic E-state index is 12.9. The van der Waals surface area contributed by atoms with E-state index in [1.54, 1.807) is 40.7 Å². The number of nitrogens with zero attached hydrogens (tertiary/aromatic N) is 3. The van der Waals surface area contributed by atoms with Gasteiger partial charge in [0.2, 0.25) is 0 Å². The number of methoxy groups -OCH3 is 1. The fraction of sp³-hybridized carbons (Fsp3) is 0.273. The van der Waals surface area contributed by atoms with Crippen LogP contribution in [0.2, 0.25) is 0 Å². The van der Waals surface area contributed by atoms with Crippen molar-refractivity contribution in [2.24, 2.45) is 7.05 Å². The van der Waals surface area contributed by atoms with Crippen molar-refractivity contribution in [3.8, 4) is 11.4 Å². The second kappa shape index (κ2) is 8.10. The molecule has 0 radical (unpaired) electrons. The average molecular weight is 473 g/mol. The minimum atomic E-state index is -3.84. The Morgan fingerprint density at radius 1 is 1.12 bits per heavy atom. The van der Waals surface area contributed by atoms with Crippen LogP contribution in [0.1, 0.15) is 31.0 Å². The number of nitrogens with one attached hydrogen (secondary N) is 1. The molecule has 8 nitrogen and oxygen atoms in total. The van der Waals surface area contributed by atoms with Crippen molar-refractivity contribution in [3.05, 3.63) is 64.1 Å². The van der Waals surface area contributed by atoms with E-state index in [9.17, 15) is 13.2 Å². The predicted octanol–water partition coefficient (Wildman–Crippen LogP) is 4.03. The summed E-state index contributed by atoms with van der Waals surface area (Å²) in [5, 5.41) is 0.271. The van der Waals surface area contributed by atoms with E-state index in [4.69, 9.17) is 4.74 Å². The van der Waals surface area contributed by atoms with Crippen LogP contribution in [-0.4, -0.2) is 29.9 Å². The summed E-state index contributed by atoms with van der Waals surface area (Å²) in [4.78, 5) is 17.3. The maximum absolute atomic E-state index is 12.9. The van der Waals surface area contributed by atoms with Gasteiger partial charge in [0.1, 0.15) is 5.75 Å². The zero-order valence-corrected chi connectivity index (χ0v) is 20.0. The number of thiazole rings is 1. The third-order valence-corrected chi connectivity index (χ3v) is 7.80. The lowest BCUT2D eigenvalue weighted by Crippen LogP contribution is -2.21. The minimum absolute atomic E-state index is 0.0844. The SMILES string of the molecule is COc1ccc2nc(NS(=O)(=O)c3ccc(-n4c(=O)c(C(C)C)c(C)n4C)cc3)sc2c1. The standard InChI is InChI=1S/C22H24N4O4S2/c1-13(2)20-14(3)25(4)26(21(20)27)15-6-9-17(10-7-15)32(28,29)24-22-23-18-11-8-16(30-5)12-19(18)31-22/h6-13H,1-5H3,(H,23,24). The Kier molecular flexibility index (Phi) is 5.59. The molecule has 0 saturated heterocycles. The Balaban J connectivity index is 1.64. The zero-order chi connectivity index (χ0) is 23.2. The Morgan fingerprint density at radius 2 is 1.81 bits per heavy atom. The van der Waals surface area contributed by atoms with Gasteiger partial charge in [0.15, 0.2) is 5.13 Å². The fourth-order valence-corrected chi connectivity index (χ4v) is 5.83. The number of fused-ring (bicyclic) bond motifs is 1. The highest BCUT2D eigenvalue weighted by molar-refractivity contribution is 7.93. The molecule has 168 valence electrons. The number of rotatable bonds is 6. The summed E-state index contributed by atoms with van der Waals surface area (Å²) in [5.41, 5.74) is 2.81. The van der Waals surface area contributed by atoms with Gasteiger partial charge in [0.25, 0.3) is 15.6 Å². The molecule has 32 heavy (non-hydrogen) atoms. The molecule has 0 aliphatic rings. The van der Waals surface area contributed by atoms with E-state index in [2.05, 4.69) is 9.71 Å². The first-order valence-electron chi connectivity index (χ1n) is 9.98. The van der Waals surface area contributed by atoms with Crippen molar-refractivity contribution in [3.63, 3.8) is 0 Å². The number of anilines is 1. The van der Waals surface area contributed by atoms with Gasteiger partial charge in [-0.3, -0.25) is 14.2 Å². The second-order valence-corrected chi connectivity index (χ2v) is 10.5. The Labute approximate surface area is 190 Å². The number of sulfonamides is 1. The molecule has 0 atom stereocenters. The van der Waals surface area contributed by atoms with Crippen molar-refractivity contribution < 1.29 is 13.2 Å². The summed E-state index contributed by atoms with van der Waals surface area (Å²) in [5.74, 6) is 0.769. The topological polar surface area (TPSA) is 95.2 Å². The van der Waals surface area contributed by atoms with E-state index in [0.29, 0.717) is 17.0 Å². The molecule has 0 saturated carbocycles. The lowest BCUT2D eigenvalue weighted by Gasteiger charge is -2.10. The van der Waals surface area contributed by atoms with Crippen molar-refractivity contribution in [1.82, 2.24) is 14.3 Å². The zero-order valence-electron chi connectivity index (χ0n) is 18.4. The van der Waals surface area contributed by atoms with Crippen LogP contribution in [0, 0.1) is 6.92 Å². The second-order valence-electron chi connectivity index (χ2n) is 7.75. The van der Waals surface area contributed by atoms with Gasteiger partial charge in [0.05, 0.1) is 27.9 Å². The molecule has 0 amide bonds. The van der Waals surface area contributed by atoms with Crippen molar-refractivity contribution in [1.29, 1.82) is 0 Å². The molecular weight excluding hydrogens is 448 g/mol. The molecule has 0 spiro atoms. The summed E-state index contributed by atoms with van der Waals surface area (Å²) >= 11 is 1.23. The summed E-state index contributed by atoms with van der Waals surface area (Å²) in [6, 6.07) is 11.6. The maximum Gasteiger partial charge on any atom is 0.275 e. The first-order valence-corrected chi connectivity index (χ1v) is 12.3. The van der Waals surface area contributed by atoms with Crippen molar-refractivity contribution >= 4 is 36.7 Å². The Bertz CT molecular complexity index is 1460. The molecule has 0 unspecified atom stereocenters.